The number of nitro groups is 1. The first-order chi connectivity index (χ1) is 10.0. The van der Waals surface area contributed by atoms with Crippen LogP contribution in [-0.4, -0.2) is 15.8 Å². The van der Waals surface area contributed by atoms with Crippen molar-refractivity contribution in [3.05, 3.63) is 64.0 Å². The van der Waals surface area contributed by atoms with Gasteiger partial charge in [-0.2, -0.15) is 0 Å². The van der Waals surface area contributed by atoms with Crippen LogP contribution in [0.1, 0.15) is 18.2 Å². The van der Waals surface area contributed by atoms with Crippen LogP contribution in [0.3, 0.4) is 0 Å². The van der Waals surface area contributed by atoms with Gasteiger partial charge < -0.3 is 5.32 Å². The van der Waals surface area contributed by atoms with Crippen molar-refractivity contribution >= 4 is 29.4 Å². The highest BCUT2D eigenvalue weighted by molar-refractivity contribution is 5.88. The molecule has 1 amide bonds. The molecule has 106 valence electrons. The van der Waals surface area contributed by atoms with Gasteiger partial charge in [-0.1, -0.05) is 18.2 Å². The summed E-state index contributed by atoms with van der Waals surface area (Å²) in [6, 6.07) is 10.3. The van der Waals surface area contributed by atoms with Crippen LogP contribution in [0.2, 0.25) is 0 Å². The quantitative estimate of drug-likeness (QED) is 0.690. The number of carbonyl (C=O) groups is 1. The Labute approximate surface area is 121 Å². The molecule has 0 aliphatic heterocycles. The van der Waals surface area contributed by atoms with Crippen molar-refractivity contribution in [2.24, 2.45) is 0 Å². The fourth-order valence-electron chi connectivity index (χ4n) is 1.67. The number of aromatic nitrogens is 1. The molecular formula is C15H13N3O3. The van der Waals surface area contributed by atoms with Gasteiger partial charge in [-0.25, -0.2) is 4.98 Å². The molecule has 2 rings (SSSR count). The lowest BCUT2D eigenvalue weighted by Crippen LogP contribution is -2.05. The summed E-state index contributed by atoms with van der Waals surface area (Å²) in [5, 5.41) is 13.2. The molecule has 0 aliphatic carbocycles. The number of amides is 1. The Bertz CT molecular complexity index is 676. The Hall–Kier alpha value is -3.02. The lowest BCUT2D eigenvalue weighted by Gasteiger charge is -2.01. The standard InChI is InChI=1S/C15H13N3O3/c1-11(19)17-14-6-3-12(4-7-14)2-5-13-8-9-15(10-16-13)18(20)21/h2-10H,1H3,(H,17,19)/b5-2+. The molecule has 0 fully saturated rings. The number of nitrogens with zero attached hydrogens (tertiary/aromatic N) is 2. The van der Waals surface area contributed by atoms with Gasteiger partial charge in [0.15, 0.2) is 0 Å². The molecule has 0 saturated heterocycles. The minimum Gasteiger partial charge on any atom is -0.326 e. The highest BCUT2D eigenvalue weighted by Crippen LogP contribution is 2.13. The molecule has 0 atom stereocenters. The zero-order valence-electron chi connectivity index (χ0n) is 11.3. The molecule has 0 spiro atoms. The number of pyridine rings is 1. The van der Waals surface area contributed by atoms with Crippen molar-refractivity contribution in [3.8, 4) is 0 Å². The third kappa shape index (κ3) is 4.24. The van der Waals surface area contributed by atoms with Gasteiger partial charge in [0.2, 0.25) is 5.91 Å². The van der Waals surface area contributed by atoms with Crippen molar-refractivity contribution in [2.75, 3.05) is 5.32 Å². The fraction of sp³-hybridized carbons (Fsp3) is 0.0667. The minimum atomic E-state index is -0.485. The van der Waals surface area contributed by atoms with Crippen molar-refractivity contribution in [1.82, 2.24) is 4.98 Å². The molecule has 6 nitrogen and oxygen atoms in total. The Morgan fingerprint density at radius 2 is 1.90 bits per heavy atom. The van der Waals surface area contributed by atoms with E-state index in [1.54, 1.807) is 24.3 Å². The van der Waals surface area contributed by atoms with Crippen LogP contribution in [0.15, 0.2) is 42.6 Å². The van der Waals surface area contributed by atoms with Crippen LogP contribution < -0.4 is 5.32 Å². The summed E-state index contributed by atoms with van der Waals surface area (Å²) in [7, 11) is 0. The second kappa shape index (κ2) is 6.42. The van der Waals surface area contributed by atoms with Gasteiger partial charge in [-0.05, 0) is 29.8 Å². The third-order valence-corrected chi connectivity index (χ3v) is 2.66. The lowest BCUT2D eigenvalue weighted by atomic mass is 10.2. The molecule has 0 radical (unpaired) electrons. The number of rotatable bonds is 4. The van der Waals surface area contributed by atoms with E-state index in [4.69, 9.17) is 0 Å². The Balaban J connectivity index is 2.06. The molecule has 1 heterocycles. The summed E-state index contributed by atoms with van der Waals surface area (Å²) in [5.41, 5.74) is 2.26. The largest absolute Gasteiger partial charge is 0.326 e. The highest BCUT2D eigenvalue weighted by atomic mass is 16.6. The van der Waals surface area contributed by atoms with Crippen LogP contribution in [0.5, 0.6) is 0 Å². The average Bonchev–Trinajstić information content (AvgIpc) is 2.46. The zero-order valence-corrected chi connectivity index (χ0v) is 11.3. The molecule has 21 heavy (non-hydrogen) atoms. The molecule has 1 N–H and O–H groups in total. The van der Waals surface area contributed by atoms with Gasteiger partial charge in [0.1, 0.15) is 6.20 Å². The number of carbonyl (C=O) groups excluding carboxylic acids is 1. The predicted molar refractivity (Wildman–Crippen MR) is 80.6 cm³/mol. The van der Waals surface area contributed by atoms with E-state index in [1.165, 1.54) is 19.2 Å². The monoisotopic (exact) mass is 283 g/mol. The first-order valence-electron chi connectivity index (χ1n) is 6.21. The van der Waals surface area contributed by atoms with Crippen molar-refractivity contribution in [2.45, 2.75) is 6.92 Å². The van der Waals surface area contributed by atoms with Crippen molar-refractivity contribution in [3.63, 3.8) is 0 Å². The smallest absolute Gasteiger partial charge is 0.287 e. The third-order valence-electron chi connectivity index (χ3n) is 2.66. The summed E-state index contributed by atoms with van der Waals surface area (Å²) in [6.07, 6.45) is 4.82. The van der Waals surface area contributed by atoms with Crippen molar-refractivity contribution in [1.29, 1.82) is 0 Å². The number of benzene rings is 1. The van der Waals surface area contributed by atoms with Gasteiger partial charge in [0.05, 0.1) is 10.6 Å². The van der Waals surface area contributed by atoms with Crippen LogP contribution in [0, 0.1) is 10.1 Å². The summed E-state index contributed by atoms with van der Waals surface area (Å²) in [6.45, 7) is 1.45. The maximum absolute atomic E-state index is 10.9. The maximum atomic E-state index is 10.9. The van der Waals surface area contributed by atoms with Gasteiger partial charge in [-0.15, -0.1) is 0 Å². The number of anilines is 1. The van der Waals surface area contributed by atoms with E-state index in [0.717, 1.165) is 11.3 Å². The van der Waals surface area contributed by atoms with E-state index < -0.39 is 4.92 Å². The topological polar surface area (TPSA) is 85.1 Å². The van der Waals surface area contributed by atoms with Gasteiger partial charge >= 0.3 is 0 Å². The van der Waals surface area contributed by atoms with Crippen LogP contribution in [-0.2, 0) is 4.79 Å². The number of nitrogens with one attached hydrogen (secondary N) is 1. The predicted octanol–water partition coefficient (Wildman–Crippen LogP) is 3.12. The normalized spacial score (nSPS) is 10.5. The Kier molecular flexibility index (Phi) is 4.40. The summed E-state index contributed by atoms with van der Waals surface area (Å²) >= 11 is 0. The Morgan fingerprint density at radius 1 is 1.19 bits per heavy atom. The van der Waals surface area contributed by atoms with E-state index in [2.05, 4.69) is 10.3 Å². The van der Waals surface area contributed by atoms with E-state index in [-0.39, 0.29) is 11.6 Å². The summed E-state index contributed by atoms with van der Waals surface area (Å²) in [4.78, 5) is 24.9. The first kappa shape index (κ1) is 14.4. The molecular weight excluding hydrogens is 270 g/mol. The molecule has 0 bridgehead atoms. The van der Waals surface area contributed by atoms with E-state index in [0.29, 0.717) is 5.69 Å². The van der Waals surface area contributed by atoms with Crippen LogP contribution in [0.4, 0.5) is 11.4 Å². The molecule has 0 saturated carbocycles. The molecule has 1 aromatic heterocycles. The number of hydrogen-bond donors (Lipinski definition) is 1. The lowest BCUT2D eigenvalue weighted by molar-refractivity contribution is -0.385. The molecule has 1 aromatic carbocycles. The van der Waals surface area contributed by atoms with Crippen molar-refractivity contribution < 1.29 is 9.72 Å². The van der Waals surface area contributed by atoms with Gasteiger partial charge in [0.25, 0.3) is 5.69 Å². The summed E-state index contributed by atoms with van der Waals surface area (Å²) < 4.78 is 0. The van der Waals surface area contributed by atoms with E-state index in [9.17, 15) is 14.9 Å². The number of hydrogen-bond acceptors (Lipinski definition) is 4. The maximum Gasteiger partial charge on any atom is 0.287 e. The Morgan fingerprint density at radius 3 is 2.43 bits per heavy atom. The minimum absolute atomic E-state index is 0.0354. The van der Waals surface area contributed by atoms with E-state index in [1.807, 2.05) is 18.2 Å². The second-order valence-electron chi connectivity index (χ2n) is 4.33. The average molecular weight is 283 g/mol. The van der Waals surface area contributed by atoms with E-state index >= 15 is 0 Å². The van der Waals surface area contributed by atoms with Gasteiger partial charge in [-0.3, -0.25) is 14.9 Å². The SMILES string of the molecule is CC(=O)Nc1ccc(/C=C/c2ccc([N+](=O)[O-])cn2)cc1. The summed E-state index contributed by atoms with van der Waals surface area (Å²) in [5.74, 6) is -0.117. The first-order valence-corrected chi connectivity index (χ1v) is 6.21. The highest BCUT2D eigenvalue weighted by Gasteiger charge is 2.03. The fourth-order valence-corrected chi connectivity index (χ4v) is 1.67. The van der Waals surface area contributed by atoms with Crippen LogP contribution >= 0.6 is 0 Å². The molecule has 2 aromatic rings. The second-order valence-corrected chi connectivity index (χ2v) is 4.33. The van der Waals surface area contributed by atoms with Crippen LogP contribution in [0.25, 0.3) is 12.2 Å². The van der Waals surface area contributed by atoms with Gasteiger partial charge in [0, 0.05) is 18.7 Å². The zero-order chi connectivity index (χ0) is 15.2. The molecule has 6 heteroatoms. The molecule has 0 aliphatic rings. The molecule has 0 unspecified atom stereocenters.